The van der Waals surface area contributed by atoms with Gasteiger partial charge in [0.1, 0.15) is 6.10 Å². The van der Waals surface area contributed by atoms with Crippen LogP contribution in [0.5, 0.6) is 0 Å². The summed E-state index contributed by atoms with van der Waals surface area (Å²) in [7, 11) is 0. The van der Waals surface area contributed by atoms with E-state index in [1.807, 2.05) is 34.6 Å². The maximum atomic E-state index is 12.5. The lowest BCUT2D eigenvalue weighted by Gasteiger charge is -2.36. The third-order valence-electron chi connectivity index (χ3n) is 6.62. The third kappa shape index (κ3) is 5.30. The zero-order valence-electron chi connectivity index (χ0n) is 18.9. The topological polar surface area (TPSA) is 71.1 Å². The molecule has 1 fully saturated rings. The fourth-order valence-electron chi connectivity index (χ4n) is 4.32. The van der Waals surface area contributed by atoms with Gasteiger partial charge in [-0.3, -0.25) is 4.89 Å². The van der Waals surface area contributed by atoms with Crippen LogP contribution in [-0.2, 0) is 19.6 Å². The summed E-state index contributed by atoms with van der Waals surface area (Å²) in [6, 6.07) is 0. The van der Waals surface area contributed by atoms with Crippen molar-refractivity contribution in [2.75, 3.05) is 0 Å². The summed E-state index contributed by atoms with van der Waals surface area (Å²) in [5.41, 5.74) is 5.23. The Balaban J connectivity index is 1.94. The van der Waals surface area contributed by atoms with Gasteiger partial charge < -0.3 is 4.74 Å². The number of carbonyl (C=O) groups is 2. The highest BCUT2D eigenvalue weighted by Crippen LogP contribution is 2.35. The van der Waals surface area contributed by atoms with Gasteiger partial charge in [0.15, 0.2) is 0 Å². The normalized spacial score (nSPS) is 21.8. The van der Waals surface area contributed by atoms with E-state index in [0.717, 1.165) is 47.1 Å². The monoisotopic (exact) mass is 406 g/mol. The molecule has 0 aromatic heterocycles. The third-order valence-corrected chi connectivity index (χ3v) is 6.62. The van der Waals surface area contributed by atoms with Crippen molar-refractivity contribution in [2.24, 2.45) is 17.8 Å². The van der Waals surface area contributed by atoms with E-state index in [4.69, 9.17) is 9.62 Å². The molecular weight excluding hydrogens is 372 g/mol. The number of carbonyl (C=O) groups excluding carboxylic acids is 2. The second-order valence-corrected chi connectivity index (χ2v) is 8.75. The van der Waals surface area contributed by atoms with Gasteiger partial charge in [-0.1, -0.05) is 27.2 Å². The summed E-state index contributed by atoms with van der Waals surface area (Å²) in [6.45, 7) is 16.0. The first kappa shape index (κ1) is 23.2. The molecule has 0 saturated heterocycles. The summed E-state index contributed by atoms with van der Waals surface area (Å²) in [5.74, 6) is 0.467. The maximum Gasteiger partial charge on any atom is 0.543 e. The van der Waals surface area contributed by atoms with E-state index in [2.05, 4.69) is 30.7 Å². The smallest absolute Gasteiger partial charge is 0.429 e. The molecule has 1 aromatic carbocycles. The zero-order chi connectivity index (χ0) is 21.9. The first-order valence-electron chi connectivity index (χ1n) is 10.4. The van der Waals surface area contributed by atoms with Crippen molar-refractivity contribution in [1.82, 2.24) is 0 Å². The predicted octanol–water partition coefficient (Wildman–Crippen LogP) is 5.85. The molecule has 2 rings (SSSR count). The minimum atomic E-state index is -0.993. The van der Waals surface area contributed by atoms with Crippen LogP contribution in [0.15, 0.2) is 0 Å². The highest BCUT2D eigenvalue weighted by Gasteiger charge is 2.34. The van der Waals surface area contributed by atoms with Crippen LogP contribution in [0.25, 0.3) is 0 Å². The van der Waals surface area contributed by atoms with E-state index in [0.29, 0.717) is 17.4 Å². The Morgan fingerprint density at radius 3 is 1.97 bits per heavy atom. The Morgan fingerprint density at radius 2 is 1.41 bits per heavy atom. The predicted molar refractivity (Wildman–Crippen MR) is 109 cm³/mol. The van der Waals surface area contributed by atoms with Gasteiger partial charge in [-0.2, -0.15) is 0 Å². The highest BCUT2D eigenvalue weighted by molar-refractivity contribution is 5.93. The van der Waals surface area contributed by atoms with Crippen molar-refractivity contribution in [3.63, 3.8) is 0 Å². The Kier molecular flexibility index (Phi) is 7.69. The van der Waals surface area contributed by atoms with Crippen LogP contribution >= 0.6 is 0 Å². The van der Waals surface area contributed by atoms with Crippen molar-refractivity contribution in [1.29, 1.82) is 0 Å². The SMILES string of the molecule is Cc1c(C)c(C)c(C(=O)OOOC(=O)OC2CC(C)CCC2C(C)C)c(C)c1C. The van der Waals surface area contributed by atoms with Crippen LogP contribution in [0.3, 0.4) is 0 Å². The van der Waals surface area contributed by atoms with Crippen molar-refractivity contribution < 1.29 is 29.1 Å². The van der Waals surface area contributed by atoms with E-state index >= 15 is 0 Å². The van der Waals surface area contributed by atoms with E-state index in [-0.39, 0.29) is 12.0 Å². The molecule has 0 heterocycles. The standard InChI is InChI=1S/C23H34O6/c1-12(2)19-10-9-13(3)11-20(19)26-23(25)28-29-27-22(24)21-17(7)15(5)14(4)16(6)18(21)8/h12-13,19-20H,9-11H2,1-8H3. The molecule has 3 unspecified atom stereocenters. The maximum absolute atomic E-state index is 12.5. The Bertz CT molecular complexity index is 738. The molecule has 1 saturated carbocycles. The van der Waals surface area contributed by atoms with E-state index in [1.54, 1.807) is 0 Å². The van der Waals surface area contributed by atoms with Gasteiger partial charge in [0.2, 0.25) is 0 Å². The molecule has 1 aliphatic carbocycles. The zero-order valence-corrected chi connectivity index (χ0v) is 18.9. The molecule has 0 amide bonds. The molecule has 6 heteroatoms. The summed E-state index contributed by atoms with van der Waals surface area (Å²) < 4.78 is 5.45. The average Bonchev–Trinajstić information content (AvgIpc) is 2.64. The number of ether oxygens (including phenoxy) is 1. The van der Waals surface area contributed by atoms with Crippen molar-refractivity contribution in [3.8, 4) is 0 Å². The number of hydrogen-bond donors (Lipinski definition) is 0. The van der Waals surface area contributed by atoms with Gasteiger partial charge in [0, 0.05) is 0 Å². The van der Waals surface area contributed by atoms with Crippen LogP contribution in [0.2, 0.25) is 0 Å². The van der Waals surface area contributed by atoms with Crippen LogP contribution < -0.4 is 0 Å². The van der Waals surface area contributed by atoms with Crippen molar-refractivity contribution >= 4 is 12.1 Å². The van der Waals surface area contributed by atoms with Crippen LogP contribution in [0.4, 0.5) is 4.79 Å². The Hall–Kier alpha value is -2.08. The lowest BCUT2D eigenvalue weighted by atomic mass is 9.75. The van der Waals surface area contributed by atoms with Crippen LogP contribution in [0, 0.1) is 52.4 Å². The molecule has 0 aliphatic heterocycles. The second-order valence-electron chi connectivity index (χ2n) is 8.75. The molecule has 162 valence electrons. The molecule has 3 atom stereocenters. The van der Waals surface area contributed by atoms with Gasteiger partial charge in [-0.15, -0.1) is 0 Å². The largest absolute Gasteiger partial charge is 0.543 e. The molecule has 0 radical (unpaired) electrons. The molecule has 1 aliphatic rings. The Morgan fingerprint density at radius 1 is 0.862 bits per heavy atom. The van der Waals surface area contributed by atoms with Crippen LogP contribution in [0.1, 0.15) is 78.2 Å². The summed E-state index contributed by atoms with van der Waals surface area (Å²) in [5, 5.41) is 4.47. The van der Waals surface area contributed by atoms with Crippen LogP contribution in [-0.4, -0.2) is 18.2 Å². The van der Waals surface area contributed by atoms with Gasteiger partial charge in [0.05, 0.1) is 10.6 Å². The fourth-order valence-corrected chi connectivity index (χ4v) is 4.32. The number of hydrogen-bond acceptors (Lipinski definition) is 6. The molecule has 0 N–H and O–H groups in total. The second kappa shape index (κ2) is 9.61. The quantitative estimate of drug-likeness (QED) is 0.347. The number of rotatable bonds is 5. The summed E-state index contributed by atoms with van der Waals surface area (Å²) in [4.78, 5) is 33.8. The van der Waals surface area contributed by atoms with Gasteiger partial charge in [-0.25, -0.2) is 14.5 Å². The van der Waals surface area contributed by atoms with E-state index in [1.165, 1.54) is 0 Å². The average molecular weight is 407 g/mol. The molecule has 6 nitrogen and oxygen atoms in total. The van der Waals surface area contributed by atoms with Crippen molar-refractivity contribution in [3.05, 3.63) is 33.4 Å². The lowest BCUT2D eigenvalue weighted by molar-refractivity contribution is -0.453. The minimum absolute atomic E-state index is 0.225. The summed E-state index contributed by atoms with van der Waals surface area (Å²) in [6.07, 6.45) is 1.71. The van der Waals surface area contributed by atoms with E-state index in [9.17, 15) is 9.59 Å². The Labute approximate surface area is 173 Å². The number of benzene rings is 1. The summed E-state index contributed by atoms with van der Waals surface area (Å²) >= 11 is 0. The molecular formula is C23H34O6. The molecule has 0 spiro atoms. The van der Waals surface area contributed by atoms with E-state index < -0.39 is 12.1 Å². The molecule has 1 aromatic rings. The molecule has 0 bridgehead atoms. The first-order valence-corrected chi connectivity index (χ1v) is 10.4. The molecule has 29 heavy (non-hydrogen) atoms. The highest BCUT2D eigenvalue weighted by atomic mass is 17.5. The van der Waals surface area contributed by atoms with Crippen molar-refractivity contribution in [2.45, 2.75) is 80.8 Å². The van der Waals surface area contributed by atoms with Gasteiger partial charge in [0.25, 0.3) is 0 Å². The van der Waals surface area contributed by atoms with Gasteiger partial charge >= 0.3 is 12.1 Å². The lowest BCUT2D eigenvalue weighted by Crippen LogP contribution is -2.36. The minimum Gasteiger partial charge on any atom is -0.429 e. The van der Waals surface area contributed by atoms with Gasteiger partial charge in [-0.05, 0) is 93.0 Å². The first-order chi connectivity index (χ1) is 13.5. The fraction of sp³-hybridized carbons (Fsp3) is 0.652.